The van der Waals surface area contributed by atoms with Crippen molar-refractivity contribution in [1.29, 1.82) is 0 Å². The molecule has 0 spiro atoms. The summed E-state index contributed by atoms with van der Waals surface area (Å²) in [5.41, 5.74) is 3.25. The van der Waals surface area contributed by atoms with E-state index in [1.165, 1.54) is 11.0 Å². The molecule has 21 heavy (non-hydrogen) atoms. The number of ether oxygens (including phenoxy) is 2. The van der Waals surface area contributed by atoms with E-state index < -0.39 is 0 Å². The number of rotatable bonds is 2. The van der Waals surface area contributed by atoms with Crippen molar-refractivity contribution < 1.29 is 14.1 Å². The highest BCUT2D eigenvalue weighted by Gasteiger charge is 2.50. The second kappa shape index (κ2) is 5.08. The molecule has 0 amide bonds. The Morgan fingerprint density at radius 2 is 1.86 bits per heavy atom. The maximum absolute atomic E-state index is 6.29. The van der Waals surface area contributed by atoms with Gasteiger partial charge in [0, 0.05) is 6.20 Å². The predicted molar refractivity (Wildman–Crippen MR) is 82.8 cm³/mol. The van der Waals surface area contributed by atoms with Crippen molar-refractivity contribution in [3.63, 3.8) is 0 Å². The monoisotopic (exact) mass is 289 g/mol. The van der Waals surface area contributed by atoms with Crippen molar-refractivity contribution in [3.05, 3.63) is 23.5 Å². The van der Waals surface area contributed by atoms with Crippen LogP contribution in [-0.2, 0) is 14.1 Å². The molecule has 3 heterocycles. The molecule has 1 aromatic heterocycles. The van der Waals surface area contributed by atoms with E-state index in [1.54, 1.807) is 0 Å². The second-order valence-corrected chi connectivity index (χ2v) is 7.24. The summed E-state index contributed by atoms with van der Waals surface area (Å²) in [5, 5.41) is 0. The molecule has 2 aliphatic heterocycles. The van der Waals surface area contributed by atoms with Gasteiger partial charge in [-0.2, -0.15) is 0 Å². The summed E-state index contributed by atoms with van der Waals surface area (Å²) in [6, 6.07) is 2.06. The minimum atomic E-state index is -0.310. The fourth-order valence-corrected chi connectivity index (χ4v) is 3.02. The van der Waals surface area contributed by atoms with Crippen molar-refractivity contribution >= 4 is 12.4 Å². The third-order valence-electron chi connectivity index (χ3n) is 5.15. The maximum atomic E-state index is 6.29. The van der Waals surface area contributed by atoms with Crippen LogP contribution in [0.1, 0.15) is 45.2 Å². The molecule has 2 saturated heterocycles. The first-order valence-corrected chi connectivity index (χ1v) is 7.68. The molecule has 2 aliphatic rings. The molecule has 0 aromatic carbocycles. The van der Waals surface area contributed by atoms with E-state index in [0.29, 0.717) is 13.2 Å². The van der Waals surface area contributed by atoms with Crippen LogP contribution in [0, 0.1) is 12.3 Å². The summed E-state index contributed by atoms with van der Waals surface area (Å²) in [6.07, 6.45) is 2.63. The SMILES string of the molecule is Cc1cc(C2OCCO2)ncc1B1CC(C)(C)C(C)(C)O1. The van der Waals surface area contributed by atoms with Gasteiger partial charge in [-0.3, -0.25) is 4.98 Å². The summed E-state index contributed by atoms with van der Waals surface area (Å²) >= 11 is 0. The molecular weight excluding hydrogens is 265 g/mol. The molecule has 4 nitrogen and oxygen atoms in total. The lowest BCUT2D eigenvalue weighted by Gasteiger charge is -2.34. The van der Waals surface area contributed by atoms with Crippen LogP contribution in [0.3, 0.4) is 0 Å². The number of hydrogen-bond donors (Lipinski definition) is 0. The van der Waals surface area contributed by atoms with E-state index in [-0.39, 0.29) is 24.2 Å². The summed E-state index contributed by atoms with van der Waals surface area (Å²) < 4.78 is 17.3. The van der Waals surface area contributed by atoms with E-state index in [1.807, 2.05) is 6.20 Å². The molecule has 1 aromatic rings. The molecule has 0 atom stereocenters. The van der Waals surface area contributed by atoms with Gasteiger partial charge in [0.2, 0.25) is 6.29 Å². The number of aromatic nitrogens is 1. The van der Waals surface area contributed by atoms with Crippen LogP contribution in [0.25, 0.3) is 0 Å². The van der Waals surface area contributed by atoms with Gasteiger partial charge in [0.15, 0.2) is 0 Å². The van der Waals surface area contributed by atoms with Crippen molar-refractivity contribution in [2.24, 2.45) is 5.41 Å². The van der Waals surface area contributed by atoms with Gasteiger partial charge in [-0.1, -0.05) is 19.4 Å². The quantitative estimate of drug-likeness (QED) is 0.784. The normalized spacial score (nSPS) is 24.7. The molecule has 0 radical (unpaired) electrons. The highest BCUT2D eigenvalue weighted by Crippen LogP contribution is 2.45. The molecule has 5 heteroatoms. The summed E-state index contributed by atoms with van der Waals surface area (Å²) in [6.45, 7) is 12.4. The van der Waals surface area contributed by atoms with Crippen LogP contribution in [0.4, 0.5) is 0 Å². The van der Waals surface area contributed by atoms with E-state index in [9.17, 15) is 0 Å². The Hall–Kier alpha value is -0.905. The zero-order valence-electron chi connectivity index (χ0n) is 13.6. The Morgan fingerprint density at radius 3 is 2.38 bits per heavy atom. The Bertz CT molecular complexity index is 522. The Balaban J connectivity index is 1.84. The third kappa shape index (κ3) is 2.63. The van der Waals surface area contributed by atoms with Crippen LogP contribution in [-0.4, -0.2) is 30.7 Å². The Labute approximate surface area is 127 Å². The smallest absolute Gasteiger partial charge is 0.329 e. The highest BCUT2D eigenvalue weighted by molar-refractivity contribution is 6.68. The lowest BCUT2D eigenvalue weighted by molar-refractivity contribution is -0.0473. The van der Waals surface area contributed by atoms with Crippen LogP contribution >= 0.6 is 0 Å². The average molecular weight is 289 g/mol. The minimum absolute atomic E-state index is 0.113. The first kappa shape index (κ1) is 15.0. The van der Waals surface area contributed by atoms with Crippen molar-refractivity contribution in [1.82, 2.24) is 4.98 Å². The largest absolute Gasteiger partial charge is 0.425 e. The topological polar surface area (TPSA) is 40.6 Å². The molecule has 0 N–H and O–H groups in total. The van der Waals surface area contributed by atoms with Gasteiger partial charge in [0.1, 0.15) is 0 Å². The van der Waals surface area contributed by atoms with Gasteiger partial charge in [-0.25, -0.2) is 0 Å². The lowest BCUT2D eigenvalue weighted by atomic mass is 9.53. The zero-order valence-corrected chi connectivity index (χ0v) is 13.6. The molecule has 0 bridgehead atoms. The van der Waals surface area contributed by atoms with Gasteiger partial charge in [0.25, 0.3) is 0 Å². The van der Waals surface area contributed by atoms with E-state index in [4.69, 9.17) is 14.1 Å². The van der Waals surface area contributed by atoms with Crippen molar-refractivity contribution in [2.75, 3.05) is 13.2 Å². The van der Waals surface area contributed by atoms with Gasteiger partial charge in [-0.15, -0.1) is 0 Å². The number of hydrogen-bond acceptors (Lipinski definition) is 4. The summed E-state index contributed by atoms with van der Waals surface area (Å²) in [5.74, 6) is 0. The number of nitrogens with zero attached hydrogens (tertiary/aromatic N) is 1. The minimum Gasteiger partial charge on any atom is -0.425 e. The summed E-state index contributed by atoms with van der Waals surface area (Å²) in [4.78, 5) is 4.53. The first-order valence-electron chi connectivity index (χ1n) is 7.68. The number of pyridine rings is 1. The highest BCUT2D eigenvalue weighted by atomic mass is 16.7. The molecule has 3 rings (SSSR count). The van der Waals surface area contributed by atoms with E-state index in [0.717, 1.165) is 12.0 Å². The van der Waals surface area contributed by atoms with Gasteiger partial charge in [0.05, 0.1) is 24.5 Å². The molecule has 0 aliphatic carbocycles. The van der Waals surface area contributed by atoms with Gasteiger partial charge >= 0.3 is 6.92 Å². The standard InChI is InChI=1S/C16H24BNO3/c1-11-8-13(14-19-6-7-20-14)18-9-12(11)17-10-15(2,3)16(4,5)21-17/h8-9,14H,6-7,10H2,1-5H3. The molecular formula is C16H24BNO3. The first-order chi connectivity index (χ1) is 9.80. The van der Waals surface area contributed by atoms with Crippen molar-refractivity contribution in [2.45, 2.75) is 52.8 Å². The molecule has 0 saturated carbocycles. The van der Waals surface area contributed by atoms with Gasteiger partial charge in [-0.05, 0) is 44.0 Å². The molecule has 2 fully saturated rings. The third-order valence-corrected chi connectivity index (χ3v) is 5.15. The second-order valence-electron chi connectivity index (χ2n) is 7.24. The predicted octanol–water partition coefficient (Wildman–Crippen LogP) is 2.47. The summed E-state index contributed by atoms with van der Waals surface area (Å²) in [7, 11) is 0. The zero-order chi connectivity index (χ0) is 15.3. The van der Waals surface area contributed by atoms with Crippen LogP contribution in [0.2, 0.25) is 6.32 Å². The Morgan fingerprint density at radius 1 is 1.19 bits per heavy atom. The fraction of sp³-hybridized carbons (Fsp3) is 0.688. The Kier molecular flexibility index (Phi) is 3.63. The molecule has 114 valence electrons. The van der Waals surface area contributed by atoms with Crippen LogP contribution in [0.15, 0.2) is 12.3 Å². The number of aryl methyl sites for hydroxylation is 1. The van der Waals surface area contributed by atoms with E-state index >= 15 is 0 Å². The molecule has 0 unspecified atom stereocenters. The van der Waals surface area contributed by atoms with Crippen LogP contribution in [0.5, 0.6) is 0 Å². The average Bonchev–Trinajstić information content (AvgIpc) is 2.96. The maximum Gasteiger partial charge on any atom is 0.329 e. The fourth-order valence-electron chi connectivity index (χ4n) is 3.02. The van der Waals surface area contributed by atoms with Gasteiger partial charge < -0.3 is 14.1 Å². The van der Waals surface area contributed by atoms with E-state index in [2.05, 4.69) is 45.7 Å². The van der Waals surface area contributed by atoms with Crippen molar-refractivity contribution in [3.8, 4) is 0 Å². The van der Waals surface area contributed by atoms with Crippen LogP contribution < -0.4 is 5.46 Å². The lowest BCUT2D eigenvalue weighted by Crippen LogP contribution is -2.37.